The second kappa shape index (κ2) is 10.3. The summed E-state index contributed by atoms with van der Waals surface area (Å²) in [6, 6.07) is 16.0. The molecule has 0 aromatic heterocycles. The predicted octanol–water partition coefficient (Wildman–Crippen LogP) is 4.72. The van der Waals surface area contributed by atoms with E-state index >= 15 is 0 Å². The number of amides is 1. The van der Waals surface area contributed by atoms with Crippen LogP contribution in [0.15, 0.2) is 48.5 Å². The lowest BCUT2D eigenvalue weighted by atomic mass is 9.79. The molecule has 6 heteroatoms. The maximum atomic E-state index is 12.5. The molecule has 0 bridgehead atoms. The smallest absolute Gasteiger partial charge is 0.232 e. The normalized spacial score (nSPS) is 13.0. The Kier molecular flexibility index (Phi) is 8.29. The van der Waals surface area contributed by atoms with E-state index in [1.54, 1.807) is 0 Å². The first-order valence-corrected chi connectivity index (χ1v) is 12.7. The van der Waals surface area contributed by atoms with E-state index in [1.807, 2.05) is 57.2 Å². The van der Waals surface area contributed by atoms with Gasteiger partial charge in [-0.3, -0.25) is 9.10 Å². The van der Waals surface area contributed by atoms with Gasteiger partial charge in [-0.05, 0) is 61.8 Å². The molecule has 2 rings (SSSR count). The first kappa shape index (κ1) is 24.9. The van der Waals surface area contributed by atoms with Gasteiger partial charge in [0.25, 0.3) is 0 Å². The molecule has 2 aromatic carbocycles. The van der Waals surface area contributed by atoms with Crippen molar-refractivity contribution in [3.05, 3.63) is 65.2 Å². The van der Waals surface area contributed by atoms with Crippen LogP contribution in [-0.2, 0) is 20.2 Å². The van der Waals surface area contributed by atoms with Crippen LogP contribution in [-0.4, -0.2) is 33.2 Å². The number of nitrogens with zero attached hydrogens (tertiary/aromatic N) is 1. The molecule has 1 amide bonds. The Labute approximate surface area is 187 Å². The van der Waals surface area contributed by atoms with E-state index in [2.05, 4.69) is 31.3 Å². The summed E-state index contributed by atoms with van der Waals surface area (Å²) in [5.41, 5.74) is 3.85. The Morgan fingerprint density at radius 2 is 1.71 bits per heavy atom. The topological polar surface area (TPSA) is 66.5 Å². The van der Waals surface area contributed by atoms with Crippen LogP contribution < -0.4 is 9.62 Å². The molecule has 31 heavy (non-hydrogen) atoms. The molecule has 1 atom stereocenters. The molecule has 2 aromatic rings. The summed E-state index contributed by atoms with van der Waals surface area (Å²) in [6.07, 6.45) is 2.78. The number of aryl methyl sites for hydroxylation is 1. The second-order valence-electron chi connectivity index (χ2n) is 9.08. The minimum Gasteiger partial charge on any atom is -0.354 e. The number of sulfonamides is 1. The number of anilines is 1. The zero-order valence-corrected chi connectivity index (χ0v) is 20.4. The molecule has 0 aliphatic carbocycles. The average molecular weight is 445 g/mol. The summed E-state index contributed by atoms with van der Waals surface area (Å²) in [4.78, 5) is 12.5. The van der Waals surface area contributed by atoms with Gasteiger partial charge in [0.2, 0.25) is 15.9 Å². The monoisotopic (exact) mass is 444 g/mol. The lowest BCUT2D eigenvalue weighted by Crippen LogP contribution is -2.38. The number of benzene rings is 2. The highest BCUT2D eigenvalue weighted by Gasteiger charge is 2.24. The number of carbonyl (C=O) groups is 1. The van der Waals surface area contributed by atoms with Gasteiger partial charge in [0.05, 0.1) is 11.9 Å². The molecule has 0 spiro atoms. The fourth-order valence-corrected chi connectivity index (χ4v) is 5.04. The molecular weight excluding hydrogens is 408 g/mol. The van der Waals surface area contributed by atoms with E-state index in [1.165, 1.54) is 16.1 Å². The van der Waals surface area contributed by atoms with Crippen LogP contribution in [0.2, 0.25) is 0 Å². The summed E-state index contributed by atoms with van der Waals surface area (Å²) in [5.74, 6) is -0.0502. The molecule has 1 unspecified atom stereocenters. The molecule has 0 aliphatic heterocycles. The molecular formula is C25H36N2O3S. The number of carbonyl (C=O) groups excluding carboxylic acids is 1. The minimum atomic E-state index is -3.43. The van der Waals surface area contributed by atoms with Crippen LogP contribution in [0.25, 0.3) is 0 Å². The standard InChI is InChI=1S/C25H36N2O3S/c1-19-12-10-15-23(21(19)3)27(31(6,29)30)17-11-16-24(28)26-20(2)18-25(4,5)22-13-8-7-9-14-22/h7-10,12-15,20H,11,16-18H2,1-6H3,(H,26,28). The van der Waals surface area contributed by atoms with Gasteiger partial charge >= 0.3 is 0 Å². The van der Waals surface area contributed by atoms with Crippen molar-refractivity contribution >= 4 is 21.6 Å². The summed E-state index contributed by atoms with van der Waals surface area (Å²) >= 11 is 0. The quantitative estimate of drug-likeness (QED) is 0.576. The van der Waals surface area contributed by atoms with Crippen molar-refractivity contribution in [2.24, 2.45) is 0 Å². The maximum absolute atomic E-state index is 12.5. The third-order valence-corrected chi connectivity index (χ3v) is 6.97. The Balaban J connectivity index is 1.93. The lowest BCUT2D eigenvalue weighted by Gasteiger charge is -2.29. The van der Waals surface area contributed by atoms with E-state index in [-0.39, 0.29) is 30.3 Å². The third kappa shape index (κ3) is 7.10. The number of hydrogen-bond donors (Lipinski definition) is 1. The van der Waals surface area contributed by atoms with E-state index in [4.69, 9.17) is 0 Å². The van der Waals surface area contributed by atoms with Crippen LogP contribution in [0, 0.1) is 13.8 Å². The van der Waals surface area contributed by atoms with Crippen molar-refractivity contribution in [3.63, 3.8) is 0 Å². The van der Waals surface area contributed by atoms with Gasteiger partial charge in [0, 0.05) is 19.0 Å². The molecule has 0 aliphatic rings. The highest BCUT2D eigenvalue weighted by atomic mass is 32.2. The van der Waals surface area contributed by atoms with Gasteiger partial charge in [-0.1, -0.05) is 56.3 Å². The van der Waals surface area contributed by atoms with Gasteiger partial charge in [0.15, 0.2) is 0 Å². The first-order chi connectivity index (χ1) is 14.4. The van der Waals surface area contributed by atoms with Crippen molar-refractivity contribution in [1.29, 1.82) is 0 Å². The van der Waals surface area contributed by atoms with Crippen LogP contribution in [0.5, 0.6) is 0 Å². The highest BCUT2D eigenvalue weighted by molar-refractivity contribution is 7.92. The highest BCUT2D eigenvalue weighted by Crippen LogP contribution is 2.28. The molecule has 0 radical (unpaired) electrons. The fraction of sp³-hybridized carbons (Fsp3) is 0.480. The van der Waals surface area contributed by atoms with E-state index in [0.29, 0.717) is 12.1 Å². The number of rotatable bonds is 10. The predicted molar refractivity (Wildman–Crippen MR) is 129 cm³/mol. The van der Waals surface area contributed by atoms with E-state index < -0.39 is 10.0 Å². The molecule has 170 valence electrons. The van der Waals surface area contributed by atoms with E-state index in [9.17, 15) is 13.2 Å². The minimum absolute atomic E-state index is 0.0211. The van der Waals surface area contributed by atoms with Crippen molar-refractivity contribution in [1.82, 2.24) is 5.32 Å². The van der Waals surface area contributed by atoms with Crippen LogP contribution in [0.1, 0.15) is 56.7 Å². The molecule has 0 saturated carbocycles. The number of nitrogens with one attached hydrogen (secondary N) is 1. The molecule has 0 fully saturated rings. The third-order valence-electron chi connectivity index (χ3n) is 5.79. The molecule has 5 nitrogen and oxygen atoms in total. The Hall–Kier alpha value is -2.34. The zero-order valence-electron chi connectivity index (χ0n) is 19.6. The summed E-state index contributed by atoms with van der Waals surface area (Å²) < 4.78 is 26.1. The fourth-order valence-electron chi connectivity index (χ4n) is 4.02. The SMILES string of the molecule is Cc1cccc(N(CCCC(=O)NC(C)CC(C)(C)c2ccccc2)S(C)(=O)=O)c1C. The molecule has 0 saturated heterocycles. The van der Waals surface area contributed by atoms with Crippen LogP contribution >= 0.6 is 0 Å². The summed E-state index contributed by atoms with van der Waals surface area (Å²) in [6.45, 7) is 10.5. The van der Waals surface area contributed by atoms with Crippen molar-refractivity contribution < 1.29 is 13.2 Å². The lowest BCUT2D eigenvalue weighted by molar-refractivity contribution is -0.121. The van der Waals surface area contributed by atoms with Crippen LogP contribution in [0.3, 0.4) is 0 Å². The Morgan fingerprint density at radius 1 is 1.06 bits per heavy atom. The van der Waals surface area contributed by atoms with Gasteiger partial charge in [-0.15, -0.1) is 0 Å². The van der Waals surface area contributed by atoms with Gasteiger partial charge < -0.3 is 5.32 Å². The van der Waals surface area contributed by atoms with Crippen LogP contribution in [0.4, 0.5) is 5.69 Å². The number of hydrogen-bond acceptors (Lipinski definition) is 3. The second-order valence-corrected chi connectivity index (χ2v) is 11.0. The maximum Gasteiger partial charge on any atom is 0.232 e. The zero-order chi connectivity index (χ0) is 23.2. The van der Waals surface area contributed by atoms with Crippen molar-refractivity contribution in [2.75, 3.05) is 17.1 Å². The van der Waals surface area contributed by atoms with Gasteiger partial charge in [0.1, 0.15) is 0 Å². The first-order valence-electron chi connectivity index (χ1n) is 10.8. The average Bonchev–Trinajstić information content (AvgIpc) is 2.67. The Bertz CT molecular complexity index is 985. The summed E-state index contributed by atoms with van der Waals surface area (Å²) in [5, 5.41) is 3.07. The van der Waals surface area contributed by atoms with Gasteiger partial charge in [-0.2, -0.15) is 0 Å². The van der Waals surface area contributed by atoms with E-state index in [0.717, 1.165) is 17.5 Å². The van der Waals surface area contributed by atoms with Crippen molar-refractivity contribution in [2.45, 2.75) is 65.3 Å². The van der Waals surface area contributed by atoms with Crippen molar-refractivity contribution in [3.8, 4) is 0 Å². The largest absolute Gasteiger partial charge is 0.354 e. The summed E-state index contributed by atoms with van der Waals surface area (Å²) in [7, 11) is -3.43. The molecule has 1 N–H and O–H groups in total. The van der Waals surface area contributed by atoms with Gasteiger partial charge in [-0.25, -0.2) is 8.42 Å². The molecule has 0 heterocycles. The Morgan fingerprint density at radius 3 is 2.32 bits per heavy atom.